The summed E-state index contributed by atoms with van der Waals surface area (Å²) >= 11 is 0. The van der Waals surface area contributed by atoms with Crippen LogP contribution in [-0.4, -0.2) is 58.4 Å². The second-order valence-electron chi connectivity index (χ2n) is 10.7. The summed E-state index contributed by atoms with van der Waals surface area (Å²) in [5.41, 5.74) is -1.81. The molecule has 1 saturated heterocycles. The summed E-state index contributed by atoms with van der Waals surface area (Å²) in [5.74, 6) is -0.669. The molecule has 2 aromatic carbocycles. The number of carbonyl (C=O) groups is 1. The zero-order valence-electron chi connectivity index (χ0n) is 24.5. The standard InChI is InChI=1S/C30H34N6O8/c1-2-3-4-5-6-7-8-9-10-32-30(37)24-17-20(34(38)39)15-22-27(26(19-31)33-11-13-44-14-12-33)23-16-21(35(40)41)18-25(36(42)43)29(23)28(22)24/h15-18H,2-14H2,1H3,(H,32,37)/b27-26+. The number of morpholine rings is 1. The first-order chi connectivity index (χ1) is 21.2. The first kappa shape index (κ1) is 32.0. The summed E-state index contributed by atoms with van der Waals surface area (Å²) in [4.78, 5) is 49.1. The lowest BCUT2D eigenvalue weighted by molar-refractivity contribution is -0.393. The first-order valence-electron chi connectivity index (χ1n) is 14.7. The maximum atomic E-state index is 13.6. The van der Waals surface area contributed by atoms with Crippen molar-refractivity contribution in [1.82, 2.24) is 10.2 Å². The molecule has 0 spiro atoms. The molecule has 1 aliphatic carbocycles. The van der Waals surface area contributed by atoms with Gasteiger partial charge in [-0.1, -0.05) is 51.9 Å². The zero-order valence-corrected chi connectivity index (χ0v) is 24.5. The van der Waals surface area contributed by atoms with Crippen molar-refractivity contribution in [2.24, 2.45) is 0 Å². The molecule has 14 nitrogen and oxygen atoms in total. The minimum absolute atomic E-state index is 0.0124. The number of rotatable bonds is 14. The van der Waals surface area contributed by atoms with Crippen LogP contribution in [0.3, 0.4) is 0 Å². The molecule has 1 aliphatic heterocycles. The average molecular weight is 607 g/mol. The third-order valence-corrected chi connectivity index (χ3v) is 7.86. The van der Waals surface area contributed by atoms with E-state index in [4.69, 9.17) is 4.74 Å². The van der Waals surface area contributed by atoms with E-state index >= 15 is 0 Å². The van der Waals surface area contributed by atoms with Gasteiger partial charge >= 0.3 is 0 Å². The van der Waals surface area contributed by atoms with E-state index in [1.807, 2.05) is 0 Å². The number of nitro groups is 3. The number of nitrogens with zero attached hydrogens (tertiary/aromatic N) is 5. The molecule has 44 heavy (non-hydrogen) atoms. The number of amides is 1. The lowest BCUT2D eigenvalue weighted by Gasteiger charge is -2.29. The van der Waals surface area contributed by atoms with Crippen molar-refractivity contribution < 1.29 is 24.3 Å². The molecular weight excluding hydrogens is 572 g/mol. The van der Waals surface area contributed by atoms with Gasteiger partial charge in [0, 0.05) is 60.1 Å². The highest BCUT2D eigenvalue weighted by Crippen LogP contribution is 2.53. The quantitative estimate of drug-likeness (QED) is 0.100. The maximum absolute atomic E-state index is 13.6. The normalized spacial score (nSPS) is 14.8. The van der Waals surface area contributed by atoms with Crippen molar-refractivity contribution in [2.75, 3.05) is 32.8 Å². The van der Waals surface area contributed by atoms with Crippen LogP contribution >= 0.6 is 0 Å². The molecule has 4 rings (SSSR count). The van der Waals surface area contributed by atoms with E-state index in [1.165, 1.54) is 19.3 Å². The second kappa shape index (κ2) is 14.5. The molecule has 0 bridgehead atoms. The van der Waals surface area contributed by atoms with Gasteiger partial charge in [-0.3, -0.25) is 35.1 Å². The summed E-state index contributed by atoms with van der Waals surface area (Å²) in [6, 6.07) is 6.23. The number of nitrogens with one attached hydrogen (secondary N) is 1. The fraction of sp³-hybridized carbons (Fsp3) is 0.467. The van der Waals surface area contributed by atoms with Crippen molar-refractivity contribution in [2.45, 2.75) is 58.3 Å². The van der Waals surface area contributed by atoms with Crippen molar-refractivity contribution in [3.63, 3.8) is 0 Å². The highest BCUT2D eigenvalue weighted by atomic mass is 16.6. The van der Waals surface area contributed by atoms with Crippen molar-refractivity contribution in [1.29, 1.82) is 5.26 Å². The van der Waals surface area contributed by atoms with Crippen LogP contribution in [0.15, 0.2) is 30.0 Å². The second-order valence-corrected chi connectivity index (χ2v) is 10.7. The number of fused-ring (bicyclic) bond motifs is 3. The average Bonchev–Trinajstić information content (AvgIpc) is 3.34. The largest absolute Gasteiger partial charge is 0.378 e. The molecular formula is C30H34N6O8. The van der Waals surface area contributed by atoms with Crippen LogP contribution in [0, 0.1) is 41.7 Å². The highest BCUT2D eigenvalue weighted by Gasteiger charge is 2.40. The Kier molecular flexibility index (Phi) is 10.6. The highest BCUT2D eigenvalue weighted by molar-refractivity contribution is 6.14. The van der Waals surface area contributed by atoms with Crippen LogP contribution < -0.4 is 5.32 Å². The van der Waals surface area contributed by atoms with Crippen LogP contribution in [0.5, 0.6) is 0 Å². The molecule has 1 heterocycles. The molecule has 0 aromatic heterocycles. The van der Waals surface area contributed by atoms with Crippen LogP contribution in [0.1, 0.15) is 79.8 Å². The molecule has 14 heteroatoms. The Balaban J connectivity index is 1.82. The number of ether oxygens (including phenoxy) is 1. The number of benzene rings is 2. The van der Waals surface area contributed by atoms with Gasteiger partial charge in [-0.25, -0.2) is 0 Å². The van der Waals surface area contributed by atoms with E-state index in [-0.39, 0.29) is 65.4 Å². The van der Waals surface area contributed by atoms with Gasteiger partial charge in [0.2, 0.25) is 0 Å². The van der Waals surface area contributed by atoms with Gasteiger partial charge in [0.25, 0.3) is 23.0 Å². The Hall–Kier alpha value is -4.90. The molecule has 1 fully saturated rings. The third-order valence-electron chi connectivity index (χ3n) is 7.86. The van der Waals surface area contributed by atoms with E-state index in [1.54, 1.807) is 4.90 Å². The van der Waals surface area contributed by atoms with E-state index in [0.717, 1.165) is 49.9 Å². The molecule has 0 unspecified atom stereocenters. The van der Waals surface area contributed by atoms with Crippen LogP contribution in [0.2, 0.25) is 0 Å². The van der Waals surface area contributed by atoms with Gasteiger partial charge in [0.15, 0.2) is 0 Å². The maximum Gasteiger partial charge on any atom is 0.284 e. The van der Waals surface area contributed by atoms with Gasteiger partial charge in [-0.2, -0.15) is 5.26 Å². The number of hydrogen-bond acceptors (Lipinski definition) is 10. The fourth-order valence-electron chi connectivity index (χ4n) is 5.73. The minimum Gasteiger partial charge on any atom is -0.378 e. The molecule has 1 amide bonds. The van der Waals surface area contributed by atoms with Crippen LogP contribution in [-0.2, 0) is 4.74 Å². The van der Waals surface area contributed by atoms with E-state index in [2.05, 4.69) is 18.3 Å². The molecule has 0 atom stereocenters. The van der Waals surface area contributed by atoms with Gasteiger partial charge in [0.1, 0.15) is 11.8 Å². The van der Waals surface area contributed by atoms with Crippen LogP contribution in [0.25, 0.3) is 16.7 Å². The Labute approximate surface area is 253 Å². The molecule has 1 N–H and O–H groups in total. The van der Waals surface area contributed by atoms with Gasteiger partial charge in [-0.15, -0.1) is 0 Å². The number of nitriles is 1. The smallest absolute Gasteiger partial charge is 0.284 e. The fourth-order valence-corrected chi connectivity index (χ4v) is 5.73. The van der Waals surface area contributed by atoms with Gasteiger partial charge in [-0.05, 0) is 6.42 Å². The monoisotopic (exact) mass is 606 g/mol. The van der Waals surface area contributed by atoms with Crippen molar-refractivity contribution >= 4 is 28.5 Å². The Bertz CT molecular complexity index is 1540. The number of non-ortho nitro benzene ring substituents is 2. The Morgan fingerprint density at radius 3 is 2.00 bits per heavy atom. The summed E-state index contributed by atoms with van der Waals surface area (Å²) in [5, 5.41) is 49.1. The number of nitro benzene ring substituents is 3. The zero-order chi connectivity index (χ0) is 31.8. The Morgan fingerprint density at radius 2 is 1.43 bits per heavy atom. The number of carbonyl (C=O) groups excluding carboxylic acids is 1. The molecule has 232 valence electrons. The molecule has 0 saturated carbocycles. The van der Waals surface area contributed by atoms with E-state index in [0.29, 0.717) is 13.0 Å². The topological polar surface area (TPSA) is 195 Å². The summed E-state index contributed by atoms with van der Waals surface area (Å²) < 4.78 is 5.39. The number of allylic oxidation sites excluding steroid dienone is 1. The molecule has 2 aromatic rings. The van der Waals surface area contributed by atoms with Gasteiger partial charge in [0.05, 0.1) is 45.2 Å². The summed E-state index contributed by atoms with van der Waals surface area (Å²) in [7, 11) is 0. The van der Waals surface area contributed by atoms with E-state index < -0.39 is 37.7 Å². The predicted octanol–water partition coefficient (Wildman–Crippen LogP) is 5.88. The first-order valence-corrected chi connectivity index (χ1v) is 14.7. The minimum atomic E-state index is -0.789. The SMILES string of the molecule is CCCCCCCCCCNC(=O)c1cc([N+](=O)[O-])cc2c1-c1c(cc([N+](=O)[O-])cc1[N+](=O)[O-])/C2=C(\C#N)N1CCOCC1. The lowest BCUT2D eigenvalue weighted by atomic mass is 9.96. The number of hydrogen-bond donors (Lipinski definition) is 1. The van der Waals surface area contributed by atoms with Crippen molar-refractivity contribution in [3.05, 3.63) is 77.0 Å². The van der Waals surface area contributed by atoms with Crippen LogP contribution in [0.4, 0.5) is 17.1 Å². The number of unbranched alkanes of at least 4 members (excludes halogenated alkanes) is 7. The molecule has 0 radical (unpaired) electrons. The lowest BCUT2D eigenvalue weighted by Crippen LogP contribution is -2.35. The van der Waals surface area contributed by atoms with Crippen molar-refractivity contribution in [3.8, 4) is 17.2 Å². The molecule has 2 aliphatic rings. The third kappa shape index (κ3) is 6.84. The van der Waals surface area contributed by atoms with Gasteiger partial charge < -0.3 is 15.0 Å². The summed E-state index contributed by atoms with van der Waals surface area (Å²) in [6.07, 6.45) is 8.39. The van der Waals surface area contributed by atoms with E-state index in [9.17, 15) is 40.4 Å². The Morgan fingerprint density at radius 1 is 0.864 bits per heavy atom. The predicted molar refractivity (Wildman–Crippen MR) is 161 cm³/mol. The summed E-state index contributed by atoms with van der Waals surface area (Å²) in [6.45, 7) is 3.59.